The number of nitrogens with one attached hydrogen (secondary N) is 1. The van der Waals surface area contributed by atoms with Crippen molar-refractivity contribution >= 4 is 9.84 Å². The summed E-state index contributed by atoms with van der Waals surface area (Å²) in [6, 6.07) is 0.722. The summed E-state index contributed by atoms with van der Waals surface area (Å²) in [5.74, 6) is 0.207. The van der Waals surface area contributed by atoms with Gasteiger partial charge in [0.25, 0.3) is 0 Å². The van der Waals surface area contributed by atoms with Crippen LogP contribution in [0.2, 0.25) is 0 Å². The van der Waals surface area contributed by atoms with Crippen LogP contribution >= 0.6 is 0 Å². The van der Waals surface area contributed by atoms with E-state index < -0.39 is 9.84 Å². The average molecular weight is 220 g/mol. The van der Waals surface area contributed by atoms with Gasteiger partial charge < -0.3 is 11.1 Å². The van der Waals surface area contributed by atoms with E-state index >= 15 is 0 Å². The molecule has 0 aliphatic heterocycles. The molecule has 0 bridgehead atoms. The van der Waals surface area contributed by atoms with E-state index in [9.17, 15) is 8.42 Å². The molecule has 14 heavy (non-hydrogen) atoms. The molecule has 1 aliphatic rings. The van der Waals surface area contributed by atoms with Gasteiger partial charge in [0.05, 0.1) is 5.75 Å². The van der Waals surface area contributed by atoms with Crippen LogP contribution in [0, 0.1) is 0 Å². The SMILES string of the molecule is CC(CS(C)(=O)=O)NC1CCC(N)C1. The lowest BCUT2D eigenvalue weighted by Gasteiger charge is -2.18. The van der Waals surface area contributed by atoms with Crippen LogP contribution in [0.25, 0.3) is 0 Å². The average Bonchev–Trinajstić information content (AvgIpc) is 2.30. The molecule has 1 aliphatic carbocycles. The van der Waals surface area contributed by atoms with Gasteiger partial charge >= 0.3 is 0 Å². The first kappa shape index (κ1) is 11.9. The van der Waals surface area contributed by atoms with E-state index in [1.54, 1.807) is 0 Å². The summed E-state index contributed by atoms with van der Waals surface area (Å²) in [5.41, 5.74) is 5.77. The molecule has 0 heterocycles. The summed E-state index contributed by atoms with van der Waals surface area (Å²) < 4.78 is 22.0. The van der Waals surface area contributed by atoms with Crippen molar-refractivity contribution in [1.29, 1.82) is 0 Å². The van der Waals surface area contributed by atoms with E-state index in [1.165, 1.54) is 6.26 Å². The first-order chi connectivity index (χ1) is 6.37. The minimum absolute atomic E-state index is 0.0281. The molecule has 0 aromatic rings. The number of rotatable bonds is 4. The molecule has 0 radical (unpaired) electrons. The highest BCUT2D eigenvalue weighted by Crippen LogP contribution is 2.17. The summed E-state index contributed by atoms with van der Waals surface area (Å²) >= 11 is 0. The fraction of sp³-hybridized carbons (Fsp3) is 1.00. The van der Waals surface area contributed by atoms with Crippen molar-refractivity contribution in [2.24, 2.45) is 5.73 Å². The van der Waals surface area contributed by atoms with Gasteiger partial charge in [0.1, 0.15) is 9.84 Å². The molecular formula is C9H20N2O2S. The zero-order chi connectivity index (χ0) is 10.8. The molecule has 3 unspecified atom stereocenters. The molecule has 0 aromatic heterocycles. The van der Waals surface area contributed by atoms with E-state index in [4.69, 9.17) is 5.73 Å². The van der Waals surface area contributed by atoms with Gasteiger partial charge in [0.15, 0.2) is 0 Å². The highest BCUT2D eigenvalue weighted by Gasteiger charge is 2.23. The number of sulfone groups is 1. The first-order valence-electron chi connectivity index (χ1n) is 5.06. The van der Waals surface area contributed by atoms with Crippen LogP contribution < -0.4 is 11.1 Å². The summed E-state index contributed by atoms with van der Waals surface area (Å²) in [5, 5.41) is 3.31. The van der Waals surface area contributed by atoms with Crippen molar-refractivity contribution < 1.29 is 8.42 Å². The minimum Gasteiger partial charge on any atom is -0.328 e. The lowest BCUT2D eigenvalue weighted by atomic mass is 10.2. The third-order valence-corrected chi connectivity index (χ3v) is 3.65. The van der Waals surface area contributed by atoms with Gasteiger partial charge in [-0.1, -0.05) is 0 Å². The topological polar surface area (TPSA) is 72.2 Å². The quantitative estimate of drug-likeness (QED) is 0.693. The summed E-state index contributed by atoms with van der Waals surface area (Å²) in [4.78, 5) is 0. The molecule has 0 amide bonds. The summed E-state index contributed by atoms with van der Waals surface area (Å²) in [6.07, 6.45) is 4.35. The van der Waals surface area contributed by atoms with Gasteiger partial charge in [0, 0.05) is 24.4 Å². The Labute approximate surface area is 86.2 Å². The molecule has 3 N–H and O–H groups in total. The second kappa shape index (κ2) is 4.59. The van der Waals surface area contributed by atoms with Gasteiger partial charge in [-0.3, -0.25) is 0 Å². The predicted octanol–water partition coefficient (Wildman–Crippen LogP) is -0.111. The summed E-state index contributed by atoms with van der Waals surface area (Å²) in [6.45, 7) is 1.91. The fourth-order valence-electron chi connectivity index (χ4n) is 2.07. The van der Waals surface area contributed by atoms with Crippen LogP contribution in [-0.2, 0) is 9.84 Å². The Morgan fingerprint density at radius 3 is 2.57 bits per heavy atom. The third kappa shape index (κ3) is 4.39. The molecule has 1 rings (SSSR count). The lowest BCUT2D eigenvalue weighted by molar-refractivity contribution is 0.464. The van der Waals surface area contributed by atoms with Gasteiger partial charge in [-0.2, -0.15) is 0 Å². The highest BCUT2D eigenvalue weighted by atomic mass is 32.2. The maximum atomic E-state index is 11.0. The van der Waals surface area contributed by atoms with Crippen molar-refractivity contribution in [3.05, 3.63) is 0 Å². The molecule has 0 aromatic carbocycles. The predicted molar refractivity (Wildman–Crippen MR) is 57.9 cm³/mol. The van der Waals surface area contributed by atoms with E-state index in [2.05, 4.69) is 5.32 Å². The van der Waals surface area contributed by atoms with Crippen LogP contribution in [0.5, 0.6) is 0 Å². The molecule has 0 spiro atoms. The van der Waals surface area contributed by atoms with Crippen LogP contribution in [0.15, 0.2) is 0 Å². The van der Waals surface area contributed by atoms with Crippen molar-refractivity contribution in [3.8, 4) is 0 Å². The van der Waals surface area contributed by atoms with Gasteiger partial charge in [-0.25, -0.2) is 8.42 Å². The Balaban J connectivity index is 2.31. The number of hydrogen-bond acceptors (Lipinski definition) is 4. The third-order valence-electron chi connectivity index (χ3n) is 2.55. The standard InChI is InChI=1S/C9H20N2O2S/c1-7(6-14(2,12)13)11-9-4-3-8(10)5-9/h7-9,11H,3-6,10H2,1-2H3. The molecule has 5 heteroatoms. The van der Waals surface area contributed by atoms with Gasteiger partial charge in [0.2, 0.25) is 0 Å². The van der Waals surface area contributed by atoms with E-state index in [-0.39, 0.29) is 17.8 Å². The maximum absolute atomic E-state index is 11.0. The first-order valence-corrected chi connectivity index (χ1v) is 7.12. The zero-order valence-electron chi connectivity index (χ0n) is 8.86. The van der Waals surface area contributed by atoms with E-state index in [1.807, 2.05) is 6.92 Å². The Bertz CT molecular complexity index is 277. The van der Waals surface area contributed by atoms with Crippen molar-refractivity contribution in [2.45, 2.75) is 44.3 Å². The fourth-order valence-corrected chi connectivity index (χ4v) is 3.08. The second-order valence-corrected chi connectivity index (χ2v) is 6.62. The maximum Gasteiger partial charge on any atom is 0.148 e. The molecule has 1 saturated carbocycles. The summed E-state index contributed by atoms with van der Waals surface area (Å²) in [7, 11) is -2.87. The Hall–Kier alpha value is -0.130. The monoisotopic (exact) mass is 220 g/mol. The Morgan fingerprint density at radius 1 is 1.50 bits per heavy atom. The molecule has 4 nitrogen and oxygen atoms in total. The van der Waals surface area contributed by atoms with Crippen molar-refractivity contribution in [2.75, 3.05) is 12.0 Å². The second-order valence-electron chi connectivity index (χ2n) is 4.43. The minimum atomic E-state index is -2.87. The smallest absolute Gasteiger partial charge is 0.148 e. The number of hydrogen-bond donors (Lipinski definition) is 2. The Kier molecular flexibility index (Phi) is 3.92. The Morgan fingerprint density at radius 2 is 2.14 bits per heavy atom. The zero-order valence-corrected chi connectivity index (χ0v) is 9.68. The largest absolute Gasteiger partial charge is 0.328 e. The molecule has 3 atom stereocenters. The molecular weight excluding hydrogens is 200 g/mol. The highest BCUT2D eigenvalue weighted by molar-refractivity contribution is 7.90. The molecule has 0 saturated heterocycles. The normalized spacial score (nSPS) is 30.5. The van der Waals surface area contributed by atoms with E-state index in [0.717, 1.165) is 19.3 Å². The van der Waals surface area contributed by atoms with Crippen LogP contribution in [0.3, 0.4) is 0 Å². The van der Waals surface area contributed by atoms with Crippen LogP contribution in [0.1, 0.15) is 26.2 Å². The van der Waals surface area contributed by atoms with Crippen LogP contribution in [0.4, 0.5) is 0 Å². The van der Waals surface area contributed by atoms with Crippen LogP contribution in [-0.4, -0.2) is 38.6 Å². The number of nitrogens with two attached hydrogens (primary N) is 1. The van der Waals surface area contributed by atoms with E-state index in [0.29, 0.717) is 6.04 Å². The molecule has 1 fully saturated rings. The lowest BCUT2D eigenvalue weighted by Crippen LogP contribution is -2.39. The van der Waals surface area contributed by atoms with Gasteiger partial charge in [-0.15, -0.1) is 0 Å². The van der Waals surface area contributed by atoms with Crippen molar-refractivity contribution in [1.82, 2.24) is 5.32 Å². The van der Waals surface area contributed by atoms with Crippen molar-refractivity contribution in [3.63, 3.8) is 0 Å². The molecule has 84 valence electrons. The van der Waals surface area contributed by atoms with Gasteiger partial charge in [-0.05, 0) is 26.2 Å².